The smallest absolute Gasteiger partial charge is 0.272 e. The molecule has 4 nitrogen and oxygen atoms in total. The molecule has 1 atom stereocenters. The fraction of sp³-hybridized carbons (Fsp3) is 0.500. The van der Waals surface area contributed by atoms with Gasteiger partial charge in [-0.1, -0.05) is 6.08 Å². The van der Waals surface area contributed by atoms with Gasteiger partial charge in [0.15, 0.2) is 0 Å². The van der Waals surface area contributed by atoms with E-state index in [1.807, 2.05) is 0 Å². The van der Waals surface area contributed by atoms with Crippen molar-refractivity contribution in [2.75, 3.05) is 6.61 Å². The second-order valence-corrected chi connectivity index (χ2v) is 4.30. The summed E-state index contributed by atoms with van der Waals surface area (Å²) in [7, 11) is -3.85. The molecule has 0 heterocycles. The zero-order valence-electron chi connectivity index (χ0n) is 6.15. The Labute approximate surface area is 65.5 Å². The summed E-state index contributed by atoms with van der Waals surface area (Å²) in [6.45, 7) is 3.59. The van der Waals surface area contributed by atoms with Crippen molar-refractivity contribution >= 4 is 15.0 Å². The zero-order valence-corrected chi connectivity index (χ0v) is 6.97. The lowest BCUT2D eigenvalue weighted by atomic mass is 10.5. The van der Waals surface area contributed by atoms with Gasteiger partial charge in [-0.05, 0) is 6.92 Å². The molecule has 0 rings (SSSR count). The monoisotopic (exact) mass is 178 g/mol. The predicted octanol–water partition coefficient (Wildman–Crippen LogP) is -0.505. The lowest BCUT2D eigenvalue weighted by molar-refractivity contribution is -0.114. The van der Waals surface area contributed by atoms with E-state index in [0.29, 0.717) is 0 Å². The minimum absolute atomic E-state index is 0.929. The normalized spacial score (nSPS) is 14.0. The number of aliphatic hydroxyl groups excluding tert-OH is 1. The minimum Gasteiger partial charge on any atom is -0.387 e. The van der Waals surface area contributed by atoms with Crippen molar-refractivity contribution in [1.29, 1.82) is 0 Å². The molecular weight excluding hydrogens is 168 g/mol. The molecule has 0 aliphatic rings. The maximum absolute atomic E-state index is 10.9. The summed E-state index contributed by atoms with van der Waals surface area (Å²) < 4.78 is 21.8. The van der Waals surface area contributed by atoms with Gasteiger partial charge in [-0.15, -0.1) is 6.58 Å². The van der Waals surface area contributed by atoms with Crippen molar-refractivity contribution in [2.24, 2.45) is 0 Å². The van der Waals surface area contributed by atoms with E-state index in [1.54, 1.807) is 0 Å². The first-order valence-corrected chi connectivity index (χ1v) is 4.51. The summed E-state index contributed by atoms with van der Waals surface area (Å²) in [6.07, 6.45) is 1.14. The highest BCUT2D eigenvalue weighted by Crippen LogP contribution is 2.03. The van der Waals surface area contributed by atoms with Gasteiger partial charge in [0.25, 0.3) is 5.12 Å². The molecule has 5 heteroatoms. The Morgan fingerprint density at radius 2 is 2.18 bits per heavy atom. The highest BCUT2D eigenvalue weighted by atomic mass is 32.2. The van der Waals surface area contributed by atoms with Gasteiger partial charge in [-0.3, -0.25) is 4.79 Å². The number of sulfone groups is 1. The first-order chi connectivity index (χ1) is 4.96. The molecule has 0 aromatic heterocycles. The Hall–Kier alpha value is -0.680. The zero-order chi connectivity index (χ0) is 9.07. The quantitative estimate of drug-likeness (QED) is 0.591. The van der Waals surface area contributed by atoms with Gasteiger partial charge >= 0.3 is 0 Å². The highest BCUT2D eigenvalue weighted by molar-refractivity contribution is 8.06. The second-order valence-electron chi connectivity index (χ2n) is 2.02. The maximum atomic E-state index is 10.9. The van der Waals surface area contributed by atoms with Crippen LogP contribution >= 0.6 is 0 Å². The van der Waals surface area contributed by atoms with Crippen LogP contribution in [0.2, 0.25) is 0 Å². The molecule has 0 aromatic carbocycles. The van der Waals surface area contributed by atoms with E-state index in [1.165, 1.54) is 6.92 Å². The maximum Gasteiger partial charge on any atom is 0.272 e. The molecule has 0 spiro atoms. The molecule has 0 fully saturated rings. The van der Waals surface area contributed by atoms with Crippen molar-refractivity contribution in [3.05, 3.63) is 12.7 Å². The van der Waals surface area contributed by atoms with Crippen molar-refractivity contribution in [2.45, 2.75) is 12.2 Å². The Kier molecular flexibility index (Phi) is 3.41. The second kappa shape index (κ2) is 3.64. The molecule has 0 bridgehead atoms. The number of aliphatic hydroxyl groups is 1. The lowest BCUT2D eigenvalue weighted by Crippen LogP contribution is -2.26. The number of rotatable bonds is 3. The number of carbonyl (C=O) groups excluding carboxylic acids is 1. The molecule has 64 valence electrons. The van der Waals surface area contributed by atoms with Crippen LogP contribution in [0.3, 0.4) is 0 Å². The van der Waals surface area contributed by atoms with Crippen molar-refractivity contribution in [3.8, 4) is 0 Å². The molecule has 0 saturated carbocycles. The predicted molar refractivity (Wildman–Crippen MR) is 40.7 cm³/mol. The molecule has 0 radical (unpaired) electrons. The van der Waals surface area contributed by atoms with Gasteiger partial charge in [0, 0.05) is 0 Å². The molecular formula is C6H10O4S. The standard InChI is InChI=1S/C6H10O4S/c1-3-5(2)11(9,10)6(8)4-7/h3,5,7H,1,4H2,2H3. The largest absolute Gasteiger partial charge is 0.387 e. The van der Waals surface area contributed by atoms with Crippen LogP contribution in [-0.4, -0.2) is 30.5 Å². The number of hydrogen-bond donors (Lipinski definition) is 1. The van der Waals surface area contributed by atoms with Crippen LogP contribution in [0.4, 0.5) is 0 Å². The third kappa shape index (κ3) is 2.13. The van der Waals surface area contributed by atoms with E-state index in [0.717, 1.165) is 6.08 Å². The molecule has 0 aliphatic carbocycles. The van der Waals surface area contributed by atoms with E-state index in [4.69, 9.17) is 5.11 Å². The first-order valence-electron chi connectivity index (χ1n) is 2.97. The van der Waals surface area contributed by atoms with Crippen LogP contribution < -0.4 is 0 Å². The van der Waals surface area contributed by atoms with Crippen LogP contribution in [0.15, 0.2) is 12.7 Å². The van der Waals surface area contributed by atoms with Gasteiger partial charge < -0.3 is 5.11 Å². The molecule has 0 aliphatic heterocycles. The first kappa shape index (κ1) is 10.3. The molecule has 1 unspecified atom stereocenters. The molecule has 0 saturated heterocycles. The summed E-state index contributed by atoms with van der Waals surface area (Å²) >= 11 is 0. The average molecular weight is 178 g/mol. The minimum atomic E-state index is -3.85. The molecule has 0 aromatic rings. The average Bonchev–Trinajstić information content (AvgIpc) is 2.01. The molecule has 0 amide bonds. The van der Waals surface area contributed by atoms with Crippen LogP contribution in [0.5, 0.6) is 0 Å². The van der Waals surface area contributed by atoms with Gasteiger partial charge in [-0.25, -0.2) is 8.42 Å². The molecule has 1 N–H and O–H groups in total. The van der Waals surface area contributed by atoms with E-state index in [-0.39, 0.29) is 0 Å². The highest BCUT2D eigenvalue weighted by Gasteiger charge is 2.25. The lowest BCUT2D eigenvalue weighted by Gasteiger charge is -2.03. The summed E-state index contributed by atoms with van der Waals surface area (Å²) in [5.41, 5.74) is 0. The summed E-state index contributed by atoms with van der Waals surface area (Å²) in [6, 6.07) is 0. The van der Waals surface area contributed by atoms with Crippen molar-refractivity contribution in [3.63, 3.8) is 0 Å². The number of carbonyl (C=O) groups is 1. The van der Waals surface area contributed by atoms with Crippen LogP contribution in [-0.2, 0) is 14.6 Å². The Bertz CT molecular complexity index is 252. The Morgan fingerprint density at radius 3 is 2.45 bits per heavy atom. The third-order valence-corrected chi connectivity index (χ3v) is 3.20. The summed E-state index contributed by atoms with van der Waals surface area (Å²) in [5, 5.41) is 6.16. The third-order valence-electron chi connectivity index (χ3n) is 1.27. The SMILES string of the molecule is C=CC(C)S(=O)(=O)C(=O)CO. The topological polar surface area (TPSA) is 71.4 Å². The van der Waals surface area contributed by atoms with Crippen LogP contribution in [0.1, 0.15) is 6.92 Å². The van der Waals surface area contributed by atoms with E-state index < -0.39 is 26.8 Å². The van der Waals surface area contributed by atoms with Crippen molar-refractivity contribution in [1.82, 2.24) is 0 Å². The summed E-state index contributed by atoms with van der Waals surface area (Å²) in [4.78, 5) is 10.5. The number of hydrogen-bond acceptors (Lipinski definition) is 4. The van der Waals surface area contributed by atoms with E-state index in [9.17, 15) is 13.2 Å². The summed E-state index contributed by atoms with van der Waals surface area (Å²) in [5.74, 6) is 0. The fourth-order valence-electron chi connectivity index (χ4n) is 0.424. The fourth-order valence-corrected chi connectivity index (χ4v) is 1.27. The van der Waals surface area contributed by atoms with Crippen LogP contribution in [0, 0.1) is 0 Å². The molecule has 11 heavy (non-hydrogen) atoms. The van der Waals surface area contributed by atoms with Crippen molar-refractivity contribution < 1.29 is 18.3 Å². The van der Waals surface area contributed by atoms with Gasteiger partial charge in [-0.2, -0.15) is 0 Å². The van der Waals surface area contributed by atoms with E-state index >= 15 is 0 Å². The van der Waals surface area contributed by atoms with Crippen LogP contribution in [0.25, 0.3) is 0 Å². The van der Waals surface area contributed by atoms with Gasteiger partial charge in [0.1, 0.15) is 6.61 Å². The Morgan fingerprint density at radius 1 is 1.73 bits per heavy atom. The Balaban J connectivity index is 4.74. The van der Waals surface area contributed by atoms with Gasteiger partial charge in [0.05, 0.1) is 5.25 Å². The van der Waals surface area contributed by atoms with E-state index in [2.05, 4.69) is 6.58 Å². The van der Waals surface area contributed by atoms with Gasteiger partial charge in [0.2, 0.25) is 9.84 Å².